The Kier molecular flexibility index (Phi) is 4.88. The second-order valence-electron chi connectivity index (χ2n) is 9.03. The normalized spacial score (nSPS) is 19.1. The molecule has 1 fully saturated rings. The highest BCUT2D eigenvalue weighted by atomic mass is 19.1. The summed E-state index contributed by atoms with van der Waals surface area (Å²) >= 11 is 0. The van der Waals surface area contributed by atoms with E-state index in [-0.39, 0.29) is 24.2 Å². The topological polar surface area (TPSA) is 50.3 Å². The molecule has 1 saturated heterocycles. The number of likely N-dealkylation sites (N-methyl/N-ethyl adjacent to an activating group) is 1. The van der Waals surface area contributed by atoms with Crippen molar-refractivity contribution in [2.45, 2.75) is 19.1 Å². The predicted octanol–water partition coefficient (Wildman–Crippen LogP) is 4.97. The van der Waals surface area contributed by atoms with Crippen LogP contribution in [-0.4, -0.2) is 34.6 Å². The first-order valence-corrected chi connectivity index (χ1v) is 11.3. The molecule has 0 bridgehead atoms. The summed E-state index contributed by atoms with van der Waals surface area (Å²) in [5.74, 6) is -0.412. The van der Waals surface area contributed by atoms with Crippen LogP contribution < -0.4 is 10.4 Å². The van der Waals surface area contributed by atoms with Crippen LogP contribution in [-0.2, 0) is 6.61 Å². The van der Waals surface area contributed by atoms with E-state index in [1.807, 2.05) is 34.9 Å². The largest absolute Gasteiger partial charge is 0.488 e. The second kappa shape index (κ2) is 7.95. The average molecular weight is 459 g/mol. The van der Waals surface area contributed by atoms with Crippen molar-refractivity contribution in [1.82, 2.24) is 14.5 Å². The molecule has 5 nitrogen and oxygen atoms in total. The van der Waals surface area contributed by atoms with E-state index in [0.717, 1.165) is 41.7 Å². The van der Waals surface area contributed by atoms with E-state index in [9.17, 15) is 13.6 Å². The Labute approximate surface area is 194 Å². The van der Waals surface area contributed by atoms with Gasteiger partial charge in [-0.15, -0.1) is 0 Å². The van der Waals surface area contributed by atoms with Crippen molar-refractivity contribution in [3.8, 4) is 5.75 Å². The van der Waals surface area contributed by atoms with Gasteiger partial charge in [0.2, 0.25) is 0 Å². The van der Waals surface area contributed by atoms with Crippen molar-refractivity contribution in [1.29, 1.82) is 0 Å². The zero-order chi connectivity index (χ0) is 23.4. The van der Waals surface area contributed by atoms with Crippen LogP contribution in [0.5, 0.6) is 5.75 Å². The van der Waals surface area contributed by atoms with E-state index in [1.54, 1.807) is 12.1 Å². The van der Waals surface area contributed by atoms with Gasteiger partial charge in [0.1, 0.15) is 24.0 Å². The number of nitrogens with zero attached hydrogens (tertiary/aromatic N) is 2. The van der Waals surface area contributed by atoms with E-state index in [4.69, 9.17) is 4.74 Å². The minimum Gasteiger partial charge on any atom is -0.488 e. The van der Waals surface area contributed by atoms with E-state index in [1.165, 1.54) is 18.2 Å². The van der Waals surface area contributed by atoms with Crippen LogP contribution >= 0.6 is 0 Å². The van der Waals surface area contributed by atoms with Crippen molar-refractivity contribution in [2.75, 3.05) is 20.1 Å². The molecule has 0 saturated carbocycles. The fourth-order valence-electron chi connectivity index (χ4n) is 5.14. The molecule has 1 atom stereocenters. The van der Waals surface area contributed by atoms with Crippen LogP contribution in [0.15, 0.2) is 59.4 Å². The number of nitrogens with one attached hydrogen (secondary N) is 1. The molecular formula is C27H23F2N3O2. The molecule has 0 unspecified atom stereocenters. The summed E-state index contributed by atoms with van der Waals surface area (Å²) in [6.07, 6.45) is 2.87. The predicted molar refractivity (Wildman–Crippen MR) is 128 cm³/mol. The first kappa shape index (κ1) is 20.9. The number of fused-ring (bicyclic) bond motifs is 3. The molecule has 3 aromatic carbocycles. The van der Waals surface area contributed by atoms with Crippen LogP contribution in [0.25, 0.3) is 22.7 Å². The molecule has 7 heteroatoms. The Morgan fingerprint density at radius 3 is 2.79 bits per heavy atom. The molecule has 0 aliphatic carbocycles. The Hall–Kier alpha value is -3.71. The molecule has 6 rings (SSSR count). The number of hydrogen-bond donors (Lipinski definition) is 1. The maximum absolute atomic E-state index is 14.7. The van der Waals surface area contributed by atoms with Gasteiger partial charge in [0.25, 0.3) is 0 Å². The molecule has 172 valence electrons. The van der Waals surface area contributed by atoms with E-state index < -0.39 is 5.82 Å². The zero-order valence-corrected chi connectivity index (χ0v) is 18.6. The van der Waals surface area contributed by atoms with Gasteiger partial charge in [0.05, 0.1) is 17.1 Å². The monoisotopic (exact) mass is 459 g/mol. The van der Waals surface area contributed by atoms with Crippen molar-refractivity contribution >= 4 is 22.7 Å². The third kappa shape index (κ3) is 3.44. The fraction of sp³-hybridized carbons (Fsp3) is 0.222. The summed E-state index contributed by atoms with van der Waals surface area (Å²) in [6.45, 7) is 1.82. The Bertz CT molecular complexity index is 1520. The molecule has 0 spiro atoms. The summed E-state index contributed by atoms with van der Waals surface area (Å²) in [6, 6.07) is 15.2. The van der Waals surface area contributed by atoms with E-state index in [0.29, 0.717) is 22.4 Å². The summed E-state index contributed by atoms with van der Waals surface area (Å²) in [5, 5.41) is 0. The van der Waals surface area contributed by atoms with Gasteiger partial charge < -0.3 is 14.6 Å². The molecule has 1 N–H and O–H groups in total. The van der Waals surface area contributed by atoms with Gasteiger partial charge in [-0.3, -0.25) is 4.57 Å². The minimum atomic E-state index is -0.414. The summed E-state index contributed by atoms with van der Waals surface area (Å²) in [7, 11) is 2.06. The molecule has 1 aromatic heterocycles. The van der Waals surface area contributed by atoms with Crippen LogP contribution in [0.4, 0.5) is 8.78 Å². The fourth-order valence-corrected chi connectivity index (χ4v) is 5.14. The lowest BCUT2D eigenvalue weighted by atomic mass is 9.92. The van der Waals surface area contributed by atoms with Gasteiger partial charge >= 0.3 is 5.69 Å². The van der Waals surface area contributed by atoms with Crippen molar-refractivity contribution < 1.29 is 13.5 Å². The number of rotatable bonds is 2. The maximum Gasteiger partial charge on any atom is 0.326 e. The molecule has 2 aliphatic heterocycles. The Morgan fingerprint density at radius 2 is 1.97 bits per heavy atom. The first-order chi connectivity index (χ1) is 16.5. The summed E-state index contributed by atoms with van der Waals surface area (Å²) < 4.78 is 36.2. The number of aromatic amines is 1. The van der Waals surface area contributed by atoms with Gasteiger partial charge in [0.15, 0.2) is 0 Å². The number of benzene rings is 3. The smallest absolute Gasteiger partial charge is 0.326 e. The first-order valence-electron chi connectivity index (χ1n) is 11.3. The number of imidazole rings is 1. The summed E-state index contributed by atoms with van der Waals surface area (Å²) in [4.78, 5) is 18.0. The molecule has 0 radical (unpaired) electrons. The third-order valence-corrected chi connectivity index (χ3v) is 6.80. The number of H-pyrrole nitrogens is 1. The SMILES string of the molecule is CN1CC[C@H](n2c(=O)[nH]c3cc(/C=C4/c5ccc(F)cc5OCc5c(F)cccc54)ccc32)C1. The van der Waals surface area contributed by atoms with E-state index >= 15 is 0 Å². The Balaban J connectivity index is 1.51. The molecule has 0 amide bonds. The molecule has 34 heavy (non-hydrogen) atoms. The highest BCUT2D eigenvalue weighted by molar-refractivity contribution is 5.95. The molecule has 3 heterocycles. The quantitative estimate of drug-likeness (QED) is 0.461. The lowest BCUT2D eigenvalue weighted by Crippen LogP contribution is -2.24. The van der Waals surface area contributed by atoms with Gasteiger partial charge in [-0.25, -0.2) is 13.6 Å². The maximum atomic E-state index is 14.7. The highest BCUT2D eigenvalue weighted by Crippen LogP contribution is 2.39. The zero-order valence-electron chi connectivity index (χ0n) is 18.6. The van der Waals surface area contributed by atoms with Crippen molar-refractivity contribution in [3.63, 3.8) is 0 Å². The molecule has 2 aliphatic rings. The molecular weight excluding hydrogens is 436 g/mol. The third-order valence-electron chi connectivity index (χ3n) is 6.80. The van der Waals surface area contributed by atoms with Crippen molar-refractivity contribution in [2.24, 2.45) is 0 Å². The van der Waals surface area contributed by atoms with Crippen LogP contribution in [0.2, 0.25) is 0 Å². The summed E-state index contributed by atoms with van der Waals surface area (Å²) in [5.41, 5.74) is 4.89. The number of ether oxygens (including phenoxy) is 1. The number of aromatic nitrogens is 2. The van der Waals surface area contributed by atoms with Gasteiger partial charge in [-0.05, 0) is 73.1 Å². The lowest BCUT2D eigenvalue weighted by Gasteiger charge is -2.13. The minimum absolute atomic E-state index is 0.0147. The Morgan fingerprint density at radius 1 is 1.09 bits per heavy atom. The van der Waals surface area contributed by atoms with E-state index in [2.05, 4.69) is 16.9 Å². The van der Waals surface area contributed by atoms with Gasteiger partial charge in [-0.2, -0.15) is 0 Å². The highest BCUT2D eigenvalue weighted by Gasteiger charge is 2.25. The van der Waals surface area contributed by atoms with Crippen LogP contribution in [0.1, 0.15) is 34.7 Å². The van der Waals surface area contributed by atoms with Crippen molar-refractivity contribution in [3.05, 3.63) is 99.0 Å². The van der Waals surface area contributed by atoms with Crippen LogP contribution in [0, 0.1) is 11.6 Å². The average Bonchev–Trinajstić information content (AvgIpc) is 3.33. The van der Waals surface area contributed by atoms with Crippen LogP contribution in [0.3, 0.4) is 0 Å². The number of halogens is 2. The standard InChI is InChI=1S/C27H23F2N3O2/c1-31-10-9-18(14-31)32-25-8-5-16(12-24(25)30-27(32)33)11-21-19-3-2-4-23(29)22(19)15-34-26-13-17(28)6-7-20(21)26/h2-8,11-13,18H,9-10,14-15H2,1H3,(H,30,33)/b21-11+/t18-/m0/s1. The molecule has 4 aromatic rings. The second-order valence-corrected chi connectivity index (χ2v) is 9.03. The lowest BCUT2D eigenvalue weighted by molar-refractivity contribution is 0.299. The number of likely N-dealkylation sites (tertiary alicyclic amines) is 1. The van der Waals surface area contributed by atoms with Gasteiger partial charge in [-0.1, -0.05) is 18.2 Å². The van der Waals surface area contributed by atoms with Gasteiger partial charge in [0, 0.05) is 23.7 Å². The number of hydrogen-bond acceptors (Lipinski definition) is 3.